The van der Waals surface area contributed by atoms with Crippen LogP contribution in [0.2, 0.25) is 0 Å². The number of benzene rings is 3. The van der Waals surface area contributed by atoms with Gasteiger partial charge in [-0.1, -0.05) is 36.4 Å². The first-order valence-electron chi connectivity index (χ1n) is 12.4. The molecule has 0 radical (unpaired) electrons. The van der Waals surface area contributed by atoms with Crippen molar-refractivity contribution in [1.29, 1.82) is 0 Å². The van der Waals surface area contributed by atoms with Crippen LogP contribution in [-0.4, -0.2) is 46.5 Å². The van der Waals surface area contributed by atoms with E-state index >= 15 is 0 Å². The van der Waals surface area contributed by atoms with Crippen molar-refractivity contribution >= 4 is 49.5 Å². The highest BCUT2D eigenvalue weighted by Gasteiger charge is 2.53. The van der Waals surface area contributed by atoms with Crippen molar-refractivity contribution in [3.63, 3.8) is 0 Å². The Hall–Kier alpha value is -3.43. The topological polar surface area (TPSA) is 89.7 Å². The quantitative estimate of drug-likeness (QED) is 0.356. The van der Waals surface area contributed by atoms with Crippen LogP contribution in [0.25, 0.3) is 43.6 Å². The van der Waals surface area contributed by atoms with Gasteiger partial charge >= 0.3 is 0 Å². The molecule has 8 nitrogen and oxygen atoms in total. The van der Waals surface area contributed by atoms with Gasteiger partial charge in [0, 0.05) is 46.7 Å². The maximum absolute atomic E-state index is 13.4. The summed E-state index contributed by atoms with van der Waals surface area (Å²) in [6.45, 7) is 2.09. The van der Waals surface area contributed by atoms with E-state index in [2.05, 4.69) is 51.0 Å². The van der Waals surface area contributed by atoms with Crippen LogP contribution in [0.5, 0.6) is 0 Å². The number of hydrogen-bond acceptors (Lipinski definition) is 5. The molecule has 1 unspecified atom stereocenters. The summed E-state index contributed by atoms with van der Waals surface area (Å²) < 4.78 is 17.7. The van der Waals surface area contributed by atoms with Crippen molar-refractivity contribution in [3.8, 4) is 0 Å². The highest BCUT2D eigenvalue weighted by Crippen LogP contribution is 2.54. The molecule has 3 aromatic carbocycles. The first-order chi connectivity index (χ1) is 17.5. The van der Waals surface area contributed by atoms with Gasteiger partial charge in [-0.05, 0) is 26.1 Å². The summed E-state index contributed by atoms with van der Waals surface area (Å²) in [5.41, 5.74) is 4.25. The molecule has 0 spiro atoms. The lowest BCUT2D eigenvalue weighted by Crippen LogP contribution is -2.59. The van der Waals surface area contributed by atoms with Gasteiger partial charge in [-0.15, -0.1) is 0 Å². The zero-order chi connectivity index (χ0) is 24.5. The molecule has 36 heavy (non-hydrogen) atoms. The molecule has 5 aromatic rings. The van der Waals surface area contributed by atoms with Crippen LogP contribution in [0.15, 0.2) is 48.5 Å². The number of aliphatic hydroxyl groups is 1. The van der Waals surface area contributed by atoms with E-state index in [1.165, 1.54) is 0 Å². The molecule has 182 valence electrons. The van der Waals surface area contributed by atoms with Crippen LogP contribution >= 0.6 is 0 Å². The second-order valence-electron chi connectivity index (χ2n) is 10.3. The van der Waals surface area contributed by atoms with Gasteiger partial charge in [0.25, 0.3) is 5.91 Å². The maximum atomic E-state index is 13.4. The van der Waals surface area contributed by atoms with Crippen molar-refractivity contribution < 1.29 is 19.4 Å². The van der Waals surface area contributed by atoms with Gasteiger partial charge in [0.05, 0.1) is 27.6 Å². The number of methoxy groups -OCH3 is 1. The monoisotopic (exact) mass is 482 g/mol. The van der Waals surface area contributed by atoms with Crippen molar-refractivity contribution in [2.45, 2.75) is 43.7 Å². The standard InChI is InChI=1S/C28H26N4O4/c1-28-25(35-3)15(29-2)12-18(36-28)31-16-10-6-4-8-13(16)19-21-22(27(34)30-26(21)33)20-14-9-5-7-11-17(14)32(28)24(20)23(19)31/h4-11,15,18,25,27,29,34H,12H2,1-3H3,(H,30,33)/t15-,18-,25-,27-,28?/m1/s1. The third-order valence-electron chi connectivity index (χ3n) is 8.65. The smallest absolute Gasteiger partial charge is 0.254 e. The largest absolute Gasteiger partial charge is 0.375 e. The van der Waals surface area contributed by atoms with E-state index in [9.17, 15) is 9.90 Å². The van der Waals surface area contributed by atoms with Crippen LogP contribution in [0.3, 0.4) is 0 Å². The molecule has 0 aliphatic carbocycles. The van der Waals surface area contributed by atoms with Crippen molar-refractivity contribution in [3.05, 3.63) is 59.7 Å². The van der Waals surface area contributed by atoms with Crippen LogP contribution in [0.1, 0.15) is 41.7 Å². The summed E-state index contributed by atoms with van der Waals surface area (Å²) in [7, 11) is 3.70. The van der Waals surface area contributed by atoms with Crippen LogP contribution in [-0.2, 0) is 15.2 Å². The van der Waals surface area contributed by atoms with E-state index in [4.69, 9.17) is 9.47 Å². The van der Waals surface area contributed by atoms with Crippen LogP contribution in [0.4, 0.5) is 0 Å². The summed E-state index contributed by atoms with van der Waals surface area (Å²) in [5, 5.41) is 21.1. The number of carbonyl (C=O) groups excluding carboxylic acids is 1. The van der Waals surface area contributed by atoms with E-state index in [0.717, 1.165) is 43.6 Å². The third-order valence-corrected chi connectivity index (χ3v) is 8.65. The first kappa shape index (κ1) is 20.7. The van der Waals surface area contributed by atoms with Crippen molar-refractivity contribution in [1.82, 2.24) is 19.8 Å². The lowest BCUT2D eigenvalue weighted by atomic mass is 9.93. The minimum atomic E-state index is -1.09. The number of amides is 1. The normalized spacial score (nSPS) is 28.9. The number of aliphatic hydroxyl groups excluding tert-OH is 1. The second-order valence-corrected chi connectivity index (χ2v) is 10.3. The Kier molecular flexibility index (Phi) is 3.83. The maximum Gasteiger partial charge on any atom is 0.254 e. The Bertz CT molecular complexity index is 1790. The average Bonchev–Trinajstić information content (AvgIpc) is 3.48. The van der Waals surface area contributed by atoms with Crippen LogP contribution in [0, 0.1) is 0 Å². The zero-order valence-electron chi connectivity index (χ0n) is 20.2. The van der Waals surface area contributed by atoms with Crippen LogP contribution < -0.4 is 10.6 Å². The zero-order valence-corrected chi connectivity index (χ0v) is 20.2. The van der Waals surface area contributed by atoms with Gasteiger partial charge in [-0.2, -0.15) is 0 Å². The number of fused-ring (bicyclic) bond motifs is 13. The predicted molar refractivity (Wildman–Crippen MR) is 137 cm³/mol. The van der Waals surface area contributed by atoms with E-state index < -0.39 is 12.0 Å². The number of para-hydroxylation sites is 2. The third kappa shape index (κ3) is 2.15. The fraction of sp³-hybridized carbons (Fsp3) is 0.321. The van der Waals surface area contributed by atoms with E-state index in [-0.39, 0.29) is 24.3 Å². The summed E-state index contributed by atoms with van der Waals surface area (Å²) >= 11 is 0. The number of nitrogens with zero attached hydrogens (tertiary/aromatic N) is 2. The Morgan fingerprint density at radius 2 is 1.78 bits per heavy atom. The molecule has 3 N–H and O–H groups in total. The Morgan fingerprint density at radius 3 is 2.50 bits per heavy atom. The number of carbonyl (C=O) groups is 1. The van der Waals surface area contributed by atoms with Gasteiger partial charge < -0.3 is 34.3 Å². The number of ether oxygens (including phenoxy) is 2. The fourth-order valence-electron chi connectivity index (χ4n) is 7.38. The summed E-state index contributed by atoms with van der Waals surface area (Å²) in [5.74, 6) is -0.249. The molecule has 3 aliphatic heterocycles. The summed E-state index contributed by atoms with van der Waals surface area (Å²) in [4.78, 5) is 13.4. The predicted octanol–water partition coefficient (Wildman–Crippen LogP) is 3.84. The molecule has 5 heterocycles. The van der Waals surface area contributed by atoms with Crippen molar-refractivity contribution in [2.75, 3.05) is 14.2 Å². The average molecular weight is 483 g/mol. The molecule has 3 aliphatic rings. The lowest BCUT2D eigenvalue weighted by molar-refractivity contribution is -0.256. The molecule has 8 heteroatoms. The molecule has 1 fully saturated rings. The number of aromatic nitrogens is 2. The Labute approximate surface area is 206 Å². The molecule has 2 aromatic heterocycles. The molecule has 8 rings (SSSR count). The number of likely N-dealkylation sites (N-methyl/N-ethyl adjacent to an activating group) is 1. The minimum Gasteiger partial charge on any atom is -0.375 e. The molecule has 5 atom stereocenters. The highest BCUT2D eigenvalue weighted by atomic mass is 16.6. The van der Waals surface area contributed by atoms with Gasteiger partial charge in [-0.25, -0.2) is 0 Å². The molecular formula is C28H26N4O4. The van der Waals surface area contributed by atoms with E-state index in [1.807, 2.05) is 31.3 Å². The number of rotatable bonds is 2. The first-order valence-corrected chi connectivity index (χ1v) is 12.4. The van der Waals surface area contributed by atoms with Crippen molar-refractivity contribution in [2.24, 2.45) is 0 Å². The van der Waals surface area contributed by atoms with E-state index in [1.54, 1.807) is 7.11 Å². The fourth-order valence-corrected chi connectivity index (χ4v) is 7.38. The SMILES string of the molecule is CN[C@@H]1C[C@H]2OC(C)([C@@H]1OC)n1c3ccccc3c3c4c(c5c6ccccc6n2c5c31)C(=O)N[C@@H]4O. The molecule has 2 bridgehead atoms. The highest BCUT2D eigenvalue weighted by molar-refractivity contribution is 6.31. The van der Waals surface area contributed by atoms with Gasteiger partial charge in [0.15, 0.2) is 12.0 Å². The summed E-state index contributed by atoms with van der Waals surface area (Å²) in [6.07, 6.45) is -0.941. The minimum absolute atomic E-state index is 0.0289. The molecule has 1 amide bonds. The van der Waals surface area contributed by atoms with Gasteiger partial charge in [-0.3, -0.25) is 4.79 Å². The number of hydrogen-bond donors (Lipinski definition) is 3. The number of nitrogens with one attached hydrogen (secondary N) is 2. The Morgan fingerprint density at radius 1 is 1.08 bits per heavy atom. The van der Waals surface area contributed by atoms with E-state index in [0.29, 0.717) is 17.5 Å². The molecular weight excluding hydrogens is 456 g/mol. The molecule has 0 saturated carbocycles. The second kappa shape index (κ2) is 6.66. The van der Waals surface area contributed by atoms with Gasteiger partial charge in [0.2, 0.25) is 0 Å². The summed E-state index contributed by atoms with van der Waals surface area (Å²) in [6, 6.07) is 16.4. The Balaban J connectivity index is 1.73. The molecule has 1 saturated heterocycles. The lowest BCUT2D eigenvalue weighted by Gasteiger charge is -2.48. The van der Waals surface area contributed by atoms with Gasteiger partial charge in [0.1, 0.15) is 12.3 Å².